The fourth-order valence-electron chi connectivity index (χ4n) is 1.79. The molecule has 7 nitrogen and oxygen atoms in total. The van der Waals surface area contributed by atoms with Gasteiger partial charge in [0.25, 0.3) is 0 Å². The van der Waals surface area contributed by atoms with Crippen LogP contribution in [0.2, 0.25) is 0 Å². The number of aromatic carboxylic acids is 1. The highest BCUT2D eigenvalue weighted by Gasteiger charge is 2.13. The summed E-state index contributed by atoms with van der Waals surface area (Å²) >= 11 is 0. The van der Waals surface area contributed by atoms with Crippen LogP contribution in [-0.2, 0) is 0 Å². The molecule has 0 spiro atoms. The van der Waals surface area contributed by atoms with Gasteiger partial charge in [-0.2, -0.15) is 4.68 Å². The van der Waals surface area contributed by atoms with Crippen LogP contribution in [0.5, 0.6) is 0 Å². The highest BCUT2D eigenvalue weighted by molar-refractivity contribution is 5.94. The molecule has 2 heterocycles. The first-order valence-electron chi connectivity index (χ1n) is 5.46. The number of aromatic nitrogens is 4. The van der Waals surface area contributed by atoms with Gasteiger partial charge in [-0.1, -0.05) is 17.3 Å². The first kappa shape index (κ1) is 11.1. The van der Waals surface area contributed by atoms with Crippen LogP contribution in [0.25, 0.3) is 16.9 Å². The fourth-order valence-corrected chi connectivity index (χ4v) is 1.79. The molecule has 3 aromatic rings. The zero-order valence-corrected chi connectivity index (χ0v) is 9.69. The first-order chi connectivity index (χ1) is 9.16. The van der Waals surface area contributed by atoms with Gasteiger partial charge in [-0.05, 0) is 18.2 Å². The van der Waals surface area contributed by atoms with E-state index in [1.54, 1.807) is 0 Å². The SMILES string of the molecule is Nc1cnc(-n2nnc3ccccc32)cc1C(=O)O. The summed E-state index contributed by atoms with van der Waals surface area (Å²) in [7, 11) is 0. The molecule has 0 amide bonds. The van der Waals surface area contributed by atoms with Gasteiger partial charge in [0.1, 0.15) is 5.52 Å². The molecular formula is C12H9N5O2. The van der Waals surface area contributed by atoms with E-state index in [1.807, 2.05) is 24.3 Å². The number of carboxylic acids is 1. The van der Waals surface area contributed by atoms with E-state index in [0.29, 0.717) is 11.3 Å². The topological polar surface area (TPSA) is 107 Å². The van der Waals surface area contributed by atoms with Crippen LogP contribution in [0.4, 0.5) is 5.69 Å². The lowest BCUT2D eigenvalue weighted by molar-refractivity contribution is 0.0698. The Morgan fingerprint density at radius 3 is 2.89 bits per heavy atom. The van der Waals surface area contributed by atoms with Crippen molar-refractivity contribution >= 4 is 22.7 Å². The van der Waals surface area contributed by atoms with Crippen LogP contribution >= 0.6 is 0 Å². The second kappa shape index (κ2) is 4.05. The van der Waals surface area contributed by atoms with Gasteiger partial charge >= 0.3 is 5.97 Å². The Hall–Kier alpha value is -2.96. The van der Waals surface area contributed by atoms with Crippen LogP contribution in [0.15, 0.2) is 36.5 Å². The van der Waals surface area contributed by atoms with E-state index < -0.39 is 5.97 Å². The van der Waals surface area contributed by atoms with Gasteiger partial charge in [0.2, 0.25) is 0 Å². The summed E-state index contributed by atoms with van der Waals surface area (Å²) in [5.74, 6) is -0.745. The van der Waals surface area contributed by atoms with Gasteiger partial charge in [-0.25, -0.2) is 9.78 Å². The number of nitrogens with two attached hydrogens (primary N) is 1. The van der Waals surface area contributed by atoms with Crippen LogP contribution in [0.1, 0.15) is 10.4 Å². The minimum Gasteiger partial charge on any atom is -0.478 e. The summed E-state index contributed by atoms with van der Waals surface area (Å²) in [4.78, 5) is 15.1. The van der Waals surface area contributed by atoms with Crippen molar-refractivity contribution in [2.75, 3.05) is 5.73 Å². The van der Waals surface area contributed by atoms with Gasteiger partial charge in [-0.3, -0.25) is 0 Å². The van der Waals surface area contributed by atoms with E-state index in [4.69, 9.17) is 10.8 Å². The molecule has 3 rings (SSSR count). The number of para-hydroxylation sites is 1. The number of carbonyl (C=O) groups is 1. The molecule has 0 unspecified atom stereocenters. The predicted molar refractivity (Wildman–Crippen MR) is 68.0 cm³/mol. The van der Waals surface area contributed by atoms with Gasteiger partial charge < -0.3 is 10.8 Å². The molecule has 7 heteroatoms. The number of nitrogens with zero attached hydrogens (tertiary/aromatic N) is 4. The normalized spacial score (nSPS) is 10.7. The number of carboxylic acid groups (broad SMARTS) is 1. The van der Waals surface area contributed by atoms with Gasteiger partial charge in [0.15, 0.2) is 5.82 Å². The largest absolute Gasteiger partial charge is 0.478 e. The number of fused-ring (bicyclic) bond motifs is 1. The maximum Gasteiger partial charge on any atom is 0.337 e. The number of nitrogen functional groups attached to an aromatic ring is 1. The van der Waals surface area contributed by atoms with Crippen LogP contribution in [-0.4, -0.2) is 31.1 Å². The van der Waals surface area contributed by atoms with E-state index in [1.165, 1.54) is 16.9 Å². The Balaban J connectivity index is 2.22. The molecule has 94 valence electrons. The lowest BCUT2D eigenvalue weighted by Gasteiger charge is -2.04. The Morgan fingerprint density at radius 1 is 1.32 bits per heavy atom. The van der Waals surface area contributed by atoms with Crippen molar-refractivity contribution in [3.05, 3.63) is 42.1 Å². The molecule has 0 radical (unpaired) electrons. The quantitative estimate of drug-likeness (QED) is 0.710. The molecule has 0 aliphatic rings. The average Bonchev–Trinajstić information content (AvgIpc) is 2.83. The number of rotatable bonds is 2. The molecule has 3 N–H and O–H groups in total. The monoisotopic (exact) mass is 255 g/mol. The zero-order chi connectivity index (χ0) is 13.4. The van der Waals surface area contributed by atoms with Crippen molar-refractivity contribution in [2.45, 2.75) is 0 Å². The Kier molecular flexibility index (Phi) is 2.38. The maximum absolute atomic E-state index is 11.1. The van der Waals surface area contributed by atoms with Gasteiger partial charge in [-0.15, -0.1) is 5.10 Å². The van der Waals surface area contributed by atoms with E-state index in [-0.39, 0.29) is 11.3 Å². The molecule has 19 heavy (non-hydrogen) atoms. The van der Waals surface area contributed by atoms with Crippen molar-refractivity contribution in [3.63, 3.8) is 0 Å². The molecule has 0 saturated carbocycles. The molecule has 0 saturated heterocycles. The Morgan fingerprint density at radius 2 is 2.11 bits per heavy atom. The number of anilines is 1. The minimum atomic E-state index is -1.11. The first-order valence-corrected chi connectivity index (χ1v) is 5.46. The molecular weight excluding hydrogens is 246 g/mol. The third-order valence-corrected chi connectivity index (χ3v) is 2.72. The van der Waals surface area contributed by atoms with Crippen molar-refractivity contribution < 1.29 is 9.90 Å². The molecule has 0 atom stereocenters. The number of pyridine rings is 1. The van der Waals surface area contributed by atoms with Gasteiger partial charge in [0, 0.05) is 0 Å². The number of hydrogen-bond acceptors (Lipinski definition) is 5. The van der Waals surface area contributed by atoms with Gasteiger partial charge in [0.05, 0.1) is 23.0 Å². The van der Waals surface area contributed by atoms with Crippen molar-refractivity contribution in [1.82, 2.24) is 20.0 Å². The summed E-state index contributed by atoms with van der Waals surface area (Å²) in [6.07, 6.45) is 1.30. The summed E-state index contributed by atoms with van der Waals surface area (Å²) in [5.41, 5.74) is 7.12. The van der Waals surface area contributed by atoms with E-state index >= 15 is 0 Å². The van der Waals surface area contributed by atoms with Crippen molar-refractivity contribution in [2.24, 2.45) is 0 Å². The second-order valence-electron chi connectivity index (χ2n) is 3.92. The third kappa shape index (κ3) is 1.77. The molecule has 2 aromatic heterocycles. The summed E-state index contributed by atoms with van der Waals surface area (Å²) < 4.78 is 1.47. The number of benzene rings is 1. The second-order valence-corrected chi connectivity index (χ2v) is 3.92. The van der Waals surface area contributed by atoms with Crippen LogP contribution in [0.3, 0.4) is 0 Å². The summed E-state index contributed by atoms with van der Waals surface area (Å²) in [5, 5.41) is 17.0. The molecule has 1 aromatic carbocycles. The van der Waals surface area contributed by atoms with Crippen LogP contribution < -0.4 is 5.73 Å². The van der Waals surface area contributed by atoms with E-state index in [2.05, 4.69) is 15.3 Å². The Labute approximate surface area is 107 Å². The van der Waals surface area contributed by atoms with E-state index in [9.17, 15) is 4.79 Å². The highest BCUT2D eigenvalue weighted by atomic mass is 16.4. The molecule has 0 aliphatic carbocycles. The van der Waals surface area contributed by atoms with E-state index in [0.717, 1.165) is 5.52 Å². The third-order valence-electron chi connectivity index (χ3n) is 2.72. The standard InChI is InChI=1S/C12H9N5O2/c13-8-6-14-11(5-7(8)12(18)19)17-10-4-2-1-3-9(10)15-16-17/h1-6H,13H2,(H,18,19). The summed E-state index contributed by atoms with van der Waals surface area (Å²) in [6.45, 7) is 0. The summed E-state index contributed by atoms with van der Waals surface area (Å²) in [6, 6.07) is 8.71. The fraction of sp³-hybridized carbons (Fsp3) is 0. The average molecular weight is 255 g/mol. The molecule has 0 fully saturated rings. The molecule has 0 aliphatic heterocycles. The predicted octanol–water partition coefficient (Wildman–Crippen LogP) is 1.10. The lowest BCUT2D eigenvalue weighted by atomic mass is 10.2. The Bertz CT molecular complexity index is 781. The van der Waals surface area contributed by atoms with Crippen molar-refractivity contribution in [3.8, 4) is 5.82 Å². The molecule has 0 bridgehead atoms. The highest BCUT2D eigenvalue weighted by Crippen LogP contribution is 2.18. The van der Waals surface area contributed by atoms with Crippen molar-refractivity contribution in [1.29, 1.82) is 0 Å². The maximum atomic E-state index is 11.1. The zero-order valence-electron chi connectivity index (χ0n) is 9.69. The minimum absolute atomic E-state index is 0.00965. The smallest absolute Gasteiger partial charge is 0.337 e. The lowest BCUT2D eigenvalue weighted by Crippen LogP contribution is -2.07. The van der Waals surface area contributed by atoms with Crippen LogP contribution in [0, 0.1) is 0 Å². The number of hydrogen-bond donors (Lipinski definition) is 2.